The minimum absolute atomic E-state index is 0.143. The van der Waals surface area contributed by atoms with Gasteiger partial charge in [-0.25, -0.2) is 14.4 Å². The van der Waals surface area contributed by atoms with E-state index in [0.717, 1.165) is 32.0 Å². The zero-order valence-electron chi connectivity index (χ0n) is 9.72. The molecule has 0 bridgehead atoms. The first-order valence-corrected chi connectivity index (χ1v) is 5.79. The van der Waals surface area contributed by atoms with Gasteiger partial charge in [0.25, 0.3) is 0 Å². The summed E-state index contributed by atoms with van der Waals surface area (Å²) in [6.07, 6.45) is 1.65. The molecule has 0 amide bonds. The number of alkyl halides is 1. The largest absolute Gasteiger partial charge is 0.388 e. The normalized spacial score (nSPS) is 17.4. The smallest absolute Gasteiger partial charge is 0.156 e. The van der Waals surface area contributed by atoms with Crippen molar-refractivity contribution in [3.05, 3.63) is 18.1 Å². The Balaban J connectivity index is 1.95. The van der Waals surface area contributed by atoms with Crippen molar-refractivity contribution >= 4 is 5.82 Å². The van der Waals surface area contributed by atoms with E-state index >= 15 is 0 Å². The van der Waals surface area contributed by atoms with Gasteiger partial charge in [-0.05, 0) is 6.07 Å². The van der Waals surface area contributed by atoms with Gasteiger partial charge in [-0.3, -0.25) is 4.90 Å². The SMILES string of the molecule is OCc1nccc(N2CCN(CCF)CC2)n1. The van der Waals surface area contributed by atoms with Crippen molar-refractivity contribution in [2.24, 2.45) is 0 Å². The summed E-state index contributed by atoms with van der Waals surface area (Å²) in [7, 11) is 0. The van der Waals surface area contributed by atoms with Crippen molar-refractivity contribution < 1.29 is 9.50 Å². The number of nitrogens with zero attached hydrogens (tertiary/aromatic N) is 4. The third-order valence-electron chi connectivity index (χ3n) is 2.93. The lowest BCUT2D eigenvalue weighted by molar-refractivity contribution is 0.234. The zero-order chi connectivity index (χ0) is 12.1. The van der Waals surface area contributed by atoms with Gasteiger partial charge in [0.05, 0.1) is 0 Å². The van der Waals surface area contributed by atoms with Gasteiger partial charge in [0.15, 0.2) is 5.82 Å². The molecule has 0 atom stereocenters. The summed E-state index contributed by atoms with van der Waals surface area (Å²) in [5.74, 6) is 1.28. The molecule has 0 spiro atoms. The van der Waals surface area contributed by atoms with Gasteiger partial charge in [0, 0.05) is 38.9 Å². The molecule has 0 unspecified atom stereocenters. The van der Waals surface area contributed by atoms with Crippen molar-refractivity contribution in [1.29, 1.82) is 0 Å². The maximum Gasteiger partial charge on any atom is 0.156 e. The van der Waals surface area contributed by atoms with Gasteiger partial charge in [-0.15, -0.1) is 0 Å². The van der Waals surface area contributed by atoms with Crippen molar-refractivity contribution in [2.75, 3.05) is 44.3 Å². The molecule has 1 aliphatic heterocycles. The average Bonchev–Trinajstić information content (AvgIpc) is 2.40. The Kier molecular flexibility index (Phi) is 4.22. The highest BCUT2D eigenvalue weighted by molar-refractivity contribution is 5.38. The van der Waals surface area contributed by atoms with E-state index in [1.54, 1.807) is 6.20 Å². The molecular formula is C11H17FN4O. The Morgan fingerprint density at radius 3 is 2.71 bits per heavy atom. The number of aromatic nitrogens is 2. The minimum atomic E-state index is -0.290. The van der Waals surface area contributed by atoms with Crippen LogP contribution in [0.5, 0.6) is 0 Å². The number of aliphatic hydroxyl groups is 1. The van der Waals surface area contributed by atoms with Gasteiger partial charge >= 0.3 is 0 Å². The zero-order valence-corrected chi connectivity index (χ0v) is 9.72. The number of hydrogen-bond acceptors (Lipinski definition) is 5. The maximum absolute atomic E-state index is 12.2. The molecule has 0 radical (unpaired) electrons. The molecule has 0 aliphatic carbocycles. The van der Waals surface area contributed by atoms with Crippen LogP contribution in [0.2, 0.25) is 0 Å². The first kappa shape index (κ1) is 12.2. The Hall–Kier alpha value is -1.27. The van der Waals surface area contributed by atoms with E-state index in [1.807, 2.05) is 6.07 Å². The second kappa shape index (κ2) is 5.88. The molecule has 17 heavy (non-hydrogen) atoms. The number of hydrogen-bond donors (Lipinski definition) is 1. The fraction of sp³-hybridized carbons (Fsp3) is 0.636. The summed E-state index contributed by atoms with van der Waals surface area (Å²) in [6.45, 7) is 3.45. The third-order valence-corrected chi connectivity index (χ3v) is 2.93. The Labute approximate surface area is 99.9 Å². The molecule has 1 aromatic heterocycles. The molecule has 0 saturated carbocycles. The first-order valence-electron chi connectivity index (χ1n) is 5.79. The highest BCUT2D eigenvalue weighted by atomic mass is 19.1. The topological polar surface area (TPSA) is 52.5 Å². The number of halogens is 1. The van der Waals surface area contributed by atoms with Crippen molar-refractivity contribution in [3.8, 4) is 0 Å². The molecule has 2 rings (SSSR count). The average molecular weight is 240 g/mol. The lowest BCUT2D eigenvalue weighted by Crippen LogP contribution is -2.47. The van der Waals surface area contributed by atoms with Crippen LogP contribution in [-0.4, -0.2) is 59.4 Å². The summed E-state index contributed by atoms with van der Waals surface area (Å²) in [5.41, 5.74) is 0. The number of anilines is 1. The van der Waals surface area contributed by atoms with Crippen LogP contribution in [0.1, 0.15) is 5.82 Å². The van der Waals surface area contributed by atoms with E-state index in [0.29, 0.717) is 12.4 Å². The second-order valence-corrected chi connectivity index (χ2v) is 4.01. The summed E-state index contributed by atoms with van der Waals surface area (Å²) >= 11 is 0. The third kappa shape index (κ3) is 3.10. The van der Waals surface area contributed by atoms with Gasteiger partial charge in [0.1, 0.15) is 19.1 Å². The summed E-state index contributed by atoms with van der Waals surface area (Å²) < 4.78 is 12.2. The fourth-order valence-corrected chi connectivity index (χ4v) is 1.96. The monoisotopic (exact) mass is 240 g/mol. The van der Waals surface area contributed by atoms with Crippen LogP contribution in [0, 0.1) is 0 Å². The predicted octanol–water partition coefficient (Wildman–Crippen LogP) is 0.0604. The fourth-order valence-electron chi connectivity index (χ4n) is 1.96. The molecule has 5 nitrogen and oxygen atoms in total. The summed E-state index contributed by atoms with van der Waals surface area (Å²) in [6, 6.07) is 1.84. The van der Waals surface area contributed by atoms with E-state index in [9.17, 15) is 4.39 Å². The Bertz CT molecular complexity index is 355. The van der Waals surface area contributed by atoms with Crippen LogP contribution >= 0.6 is 0 Å². The van der Waals surface area contributed by atoms with E-state index in [2.05, 4.69) is 19.8 Å². The standard InChI is InChI=1S/C11H17FN4O/c12-2-4-15-5-7-16(8-6-15)11-1-3-13-10(9-17)14-11/h1,3,17H,2,4-9H2. The summed E-state index contributed by atoms with van der Waals surface area (Å²) in [5, 5.41) is 8.98. The van der Waals surface area contributed by atoms with Crippen molar-refractivity contribution in [1.82, 2.24) is 14.9 Å². The quantitative estimate of drug-likeness (QED) is 0.806. The van der Waals surface area contributed by atoms with Crippen molar-refractivity contribution in [2.45, 2.75) is 6.61 Å². The van der Waals surface area contributed by atoms with E-state index < -0.39 is 0 Å². The molecular weight excluding hydrogens is 223 g/mol. The maximum atomic E-state index is 12.2. The Morgan fingerprint density at radius 2 is 2.06 bits per heavy atom. The van der Waals surface area contributed by atoms with Crippen LogP contribution in [-0.2, 0) is 6.61 Å². The van der Waals surface area contributed by atoms with Crippen LogP contribution < -0.4 is 4.90 Å². The van der Waals surface area contributed by atoms with Crippen LogP contribution in [0.4, 0.5) is 10.2 Å². The lowest BCUT2D eigenvalue weighted by atomic mass is 10.3. The number of aliphatic hydroxyl groups excluding tert-OH is 1. The van der Waals surface area contributed by atoms with Gasteiger partial charge < -0.3 is 10.0 Å². The Morgan fingerprint density at radius 1 is 1.29 bits per heavy atom. The van der Waals surface area contributed by atoms with Crippen LogP contribution in [0.3, 0.4) is 0 Å². The minimum Gasteiger partial charge on any atom is -0.388 e. The molecule has 1 saturated heterocycles. The summed E-state index contributed by atoms with van der Waals surface area (Å²) in [4.78, 5) is 12.4. The predicted molar refractivity (Wildman–Crippen MR) is 62.6 cm³/mol. The van der Waals surface area contributed by atoms with E-state index in [1.165, 1.54) is 0 Å². The van der Waals surface area contributed by atoms with Crippen LogP contribution in [0.15, 0.2) is 12.3 Å². The van der Waals surface area contributed by atoms with Crippen molar-refractivity contribution in [3.63, 3.8) is 0 Å². The van der Waals surface area contributed by atoms with E-state index in [4.69, 9.17) is 5.11 Å². The van der Waals surface area contributed by atoms with E-state index in [-0.39, 0.29) is 13.3 Å². The molecule has 1 aromatic rings. The molecule has 1 aliphatic rings. The second-order valence-electron chi connectivity index (χ2n) is 4.01. The lowest BCUT2D eigenvalue weighted by Gasteiger charge is -2.34. The molecule has 0 aromatic carbocycles. The number of rotatable bonds is 4. The molecule has 1 N–H and O–H groups in total. The molecule has 94 valence electrons. The number of piperazine rings is 1. The van der Waals surface area contributed by atoms with Gasteiger partial charge in [-0.2, -0.15) is 0 Å². The molecule has 6 heteroatoms. The van der Waals surface area contributed by atoms with Gasteiger partial charge in [-0.1, -0.05) is 0 Å². The first-order chi connectivity index (χ1) is 8.33. The molecule has 1 fully saturated rings. The van der Waals surface area contributed by atoms with Gasteiger partial charge in [0.2, 0.25) is 0 Å². The highest BCUT2D eigenvalue weighted by Gasteiger charge is 2.17. The highest BCUT2D eigenvalue weighted by Crippen LogP contribution is 2.12. The van der Waals surface area contributed by atoms with Crippen LogP contribution in [0.25, 0.3) is 0 Å². The molecule has 2 heterocycles.